The van der Waals surface area contributed by atoms with E-state index in [1.54, 1.807) is 6.08 Å². The van der Waals surface area contributed by atoms with Gasteiger partial charge < -0.3 is 0 Å². The zero-order valence-corrected chi connectivity index (χ0v) is 9.26. The Bertz CT molecular complexity index is 187. The fourth-order valence-corrected chi connectivity index (χ4v) is 1.27. The molecule has 0 spiro atoms. The van der Waals surface area contributed by atoms with Crippen molar-refractivity contribution in [2.45, 2.75) is 38.6 Å². The van der Waals surface area contributed by atoms with Gasteiger partial charge in [0, 0.05) is 6.42 Å². The van der Waals surface area contributed by atoms with E-state index >= 15 is 0 Å². The number of hydrogen-bond acceptors (Lipinski definition) is 2. The maximum absolute atomic E-state index is 11.8. The van der Waals surface area contributed by atoms with Gasteiger partial charge in [0.05, 0.1) is 5.54 Å². The summed E-state index contributed by atoms with van der Waals surface area (Å²) in [6.07, 6.45) is 4.04. The van der Waals surface area contributed by atoms with Gasteiger partial charge in [0.2, 0.25) is 0 Å². The van der Waals surface area contributed by atoms with Crippen LogP contribution in [0.25, 0.3) is 0 Å². The van der Waals surface area contributed by atoms with Gasteiger partial charge in [-0.25, -0.2) is 0 Å². The van der Waals surface area contributed by atoms with Crippen LogP contribution in [0.3, 0.4) is 0 Å². The Morgan fingerprint density at radius 2 is 2.08 bits per heavy atom. The fraction of sp³-hybridized carbons (Fsp3) is 0.727. The number of allylic oxidation sites excluding steroid dienone is 1. The largest absolute Gasteiger partial charge is 0.298 e. The Kier molecular flexibility index (Phi) is 4.92. The van der Waals surface area contributed by atoms with Crippen LogP contribution < -0.4 is 0 Å². The molecule has 2 nitrogen and oxygen atoms in total. The lowest BCUT2D eigenvalue weighted by Gasteiger charge is -2.34. The van der Waals surface area contributed by atoms with Crippen molar-refractivity contribution in [1.29, 1.82) is 0 Å². The molecule has 0 N–H and O–H groups in total. The molecule has 0 aromatic heterocycles. The summed E-state index contributed by atoms with van der Waals surface area (Å²) in [5.74, 6) is 0.305. The van der Waals surface area contributed by atoms with Crippen molar-refractivity contribution in [3.63, 3.8) is 0 Å². The number of ketones is 1. The molecule has 0 saturated carbocycles. The Hall–Kier alpha value is -0.630. The number of nitrogens with zero attached hydrogens (tertiary/aromatic N) is 1. The predicted octanol–water partition coefficient (Wildman–Crippen LogP) is 2.25. The van der Waals surface area contributed by atoms with Crippen LogP contribution in [0.4, 0.5) is 0 Å². The first kappa shape index (κ1) is 12.4. The smallest absolute Gasteiger partial charge is 0.153 e. The van der Waals surface area contributed by atoms with E-state index in [9.17, 15) is 4.79 Å². The summed E-state index contributed by atoms with van der Waals surface area (Å²) in [6, 6.07) is 0. The first-order valence-corrected chi connectivity index (χ1v) is 4.80. The van der Waals surface area contributed by atoms with Crippen molar-refractivity contribution in [1.82, 2.24) is 4.90 Å². The van der Waals surface area contributed by atoms with Gasteiger partial charge in [-0.1, -0.05) is 13.0 Å². The molecule has 2 heteroatoms. The van der Waals surface area contributed by atoms with Crippen molar-refractivity contribution in [2.24, 2.45) is 0 Å². The SMILES string of the molecule is C=CCCC(=O)C(C)(CC)N(C)C. The first-order valence-electron chi connectivity index (χ1n) is 4.80. The number of hydrogen-bond donors (Lipinski definition) is 0. The Morgan fingerprint density at radius 1 is 1.54 bits per heavy atom. The van der Waals surface area contributed by atoms with Crippen molar-refractivity contribution >= 4 is 5.78 Å². The fourth-order valence-electron chi connectivity index (χ4n) is 1.27. The molecular formula is C11H21NO. The van der Waals surface area contributed by atoms with E-state index in [2.05, 4.69) is 6.58 Å². The van der Waals surface area contributed by atoms with E-state index in [-0.39, 0.29) is 5.54 Å². The van der Waals surface area contributed by atoms with Crippen molar-refractivity contribution in [3.05, 3.63) is 12.7 Å². The van der Waals surface area contributed by atoms with Gasteiger partial charge in [-0.15, -0.1) is 6.58 Å². The third kappa shape index (κ3) is 2.96. The molecule has 1 atom stereocenters. The Balaban J connectivity index is 4.38. The van der Waals surface area contributed by atoms with E-state index in [1.165, 1.54) is 0 Å². The molecule has 0 rings (SSSR count). The van der Waals surface area contributed by atoms with Crippen LogP contribution in [0.15, 0.2) is 12.7 Å². The molecule has 0 aliphatic heterocycles. The van der Waals surface area contributed by atoms with Gasteiger partial charge >= 0.3 is 0 Å². The van der Waals surface area contributed by atoms with Gasteiger partial charge in [-0.05, 0) is 33.9 Å². The highest BCUT2D eigenvalue weighted by Crippen LogP contribution is 2.19. The van der Waals surface area contributed by atoms with E-state index in [0.717, 1.165) is 12.8 Å². The van der Waals surface area contributed by atoms with Gasteiger partial charge in [0.1, 0.15) is 0 Å². The monoisotopic (exact) mass is 183 g/mol. The molecule has 0 aliphatic carbocycles. The van der Waals surface area contributed by atoms with Crippen molar-refractivity contribution < 1.29 is 4.79 Å². The molecular weight excluding hydrogens is 162 g/mol. The molecule has 0 heterocycles. The molecule has 0 aromatic carbocycles. The third-order valence-corrected chi connectivity index (χ3v) is 2.85. The molecule has 13 heavy (non-hydrogen) atoms. The summed E-state index contributed by atoms with van der Waals surface area (Å²) in [4.78, 5) is 13.8. The van der Waals surface area contributed by atoms with Gasteiger partial charge in [0.15, 0.2) is 5.78 Å². The molecule has 0 aromatic rings. The minimum Gasteiger partial charge on any atom is -0.298 e. The lowest BCUT2D eigenvalue weighted by molar-refractivity contribution is -0.129. The number of likely N-dealkylation sites (N-methyl/N-ethyl adjacent to an activating group) is 1. The quantitative estimate of drug-likeness (QED) is 0.589. The summed E-state index contributed by atoms with van der Waals surface area (Å²) in [5.41, 5.74) is -0.303. The topological polar surface area (TPSA) is 20.3 Å². The van der Waals surface area contributed by atoms with Crippen molar-refractivity contribution in [2.75, 3.05) is 14.1 Å². The highest BCUT2D eigenvalue weighted by atomic mass is 16.1. The van der Waals surface area contributed by atoms with E-state index < -0.39 is 0 Å². The van der Waals surface area contributed by atoms with Crippen LogP contribution in [0.1, 0.15) is 33.1 Å². The molecule has 0 radical (unpaired) electrons. The Morgan fingerprint density at radius 3 is 2.38 bits per heavy atom. The zero-order valence-electron chi connectivity index (χ0n) is 9.26. The summed E-state index contributed by atoms with van der Waals surface area (Å²) >= 11 is 0. The van der Waals surface area contributed by atoms with Crippen LogP contribution in [0.5, 0.6) is 0 Å². The second kappa shape index (κ2) is 5.18. The van der Waals surface area contributed by atoms with Gasteiger partial charge in [-0.2, -0.15) is 0 Å². The minimum atomic E-state index is -0.303. The first-order chi connectivity index (χ1) is 5.99. The van der Waals surface area contributed by atoms with E-state index in [0.29, 0.717) is 12.2 Å². The maximum Gasteiger partial charge on any atom is 0.153 e. The lowest BCUT2D eigenvalue weighted by Crippen LogP contribution is -2.47. The van der Waals surface area contributed by atoms with Crippen LogP contribution in [0, 0.1) is 0 Å². The number of rotatable bonds is 6. The van der Waals surface area contributed by atoms with Crippen molar-refractivity contribution in [3.8, 4) is 0 Å². The third-order valence-electron chi connectivity index (χ3n) is 2.85. The highest BCUT2D eigenvalue weighted by molar-refractivity contribution is 5.87. The zero-order chi connectivity index (χ0) is 10.5. The second-order valence-corrected chi connectivity index (χ2v) is 3.77. The van der Waals surface area contributed by atoms with Crippen LogP contribution in [0.2, 0.25) is 0 Å². The molecule has 0 bridgehead atoms. The maximum atomic E-state index is 11.8. The second-order valence-electron chi connectivity index (χ2n) is 3.77. The molecule has 0 saturated heterocycles. The van der Waals surface area contributed by atoms with Gasteiger partial charge in [-0.3, -0.25) is 9.69 Å². The number of Topliss-reactive ketones (excluding diaryl/α,β-unsaturated/α-hetero) is 1. The van der Waals surface area contributed by atoms with Crippen LogP contribution in [-0.2, 0) is 4.79 Å². The van der Waals surface area contributed by atoms with Crippen LogP contribution >= 0.6 is 0 Å². The average molecular weight is 183 g/mol. The summed E-state index contributed by atoms with van der Waals surface area (Å²) in [7, 11) is 3.91. The average Bonchev–Trinajstić information content (AvgIpc) is 2.12. The molecule has 0 aliphatic rings. The normalized spacial score (nSPS) is 15.5. The summed E-state index contributed by atoms with van der Waals surface area (Å²) in [5, 5.41) is 0. The van der Waals surface area contributed by atoms with E-state index in [4.69, 9.17) is 0 Å². The molecule has 0 fully saturated rings. The molecule has 1 unspecified atom stereocenters. The minimum absolute atomic E-state index is 0.303. The van der Waals surface area contributed by atoms with Crippen LogP contribution in [-0.4, -0.2) is 30.3 Å². The summed E-state index contributed by atoms with van der Waals surface area (Å²) in [6.45, 7) is 7.67. The predicted molar refractivity (Wildman–Crippen MR) is 56.8 cm³/mol. The standard InChI is InChI=1S/C11H21NO/c1-6-8-9-10(13)11(3,7-2)12(4)5/h6H,1,7-9H2,2-5H3. The molecule has 76 valence electrons. The van der Waals surface area contributed by atoms with Gasteiger partial charge in [0.25, 0.3) is 0 Å². The number of carbonyl (C=O) groups is 1. The highest BCUT2D eigenvalue weighted by Gasteiger charge is 2.32. The van der Waals surface area contributed by atoms with E-state index in [1.807, 2.05) is 32.8 Å². The number of carbonyl (C=O) groups excluding carboxylic acids is 1. The lowest BCUT2D eigenvalue weighted by atomic mass is 9.89. The molecule has 0 amide bonds. The summed E-state index contributed by atoms with van der Waals surface area (Å²) < 4.78 is 0. The Labute approximate surface area is 81.6 Å².